The Morgan fingerprint density at radius 3 is 1.45 bits per heavy atom. The third-order valence-corrected chi connectivity index (χ3v) is 6.02. The lowest BCUT2D eigenvalue weighted by molar-refractivity contribution is 0.720. The van der Waals surface area contributed by atoms with Crippen LogP contribution in [0.4, 0.5) is 11.4 Å². The van der Waals surface area contributed by atoms with E-state index in [9.17, 15) is 0 Å². The summed E-state index contributed by atoms with van der Waals surface area (Å²) < 4.78 is 0. The third-order valence-electron chi connectivity index (χ3n) is 5.27. The maximum absolute atomic E-state index is 4.63. The highest BCUT2D eigenvalue weighted by atomic mass is 32.1. The first-order valence-electron chi connectivity index (χ1n) is 10.1. The first-order chi connectivity index (χ1) is 14.2. The van der Waals surface area contributed by atoms with Gasteiger partial charge in [0.25, 0.3) is 0 Å². The van der Waals surface area contributed by atoms with E-state index in [0.29, 0.717) is 0 Å². The zero-order valence-corrected chi connectivity index (χ0v) is 18.1. The van der Waals surface area contributed by atoms with Crippen LogP contribution in [0.5, 0.6) is 0 Å². The minimum Gasteiger partial charge on any atom is -0.384 e. The molecule has 0 amide bonds. The Balaban J connectivity index is 1.27. The van der Waals surface area contributed by atoms with Crippen LogP contribution in [0.3, 0.4) is 0 Å². The summed E-state index contributed by atoms with van der Waals surface area (Å²) in [5, 5.41) is 12.1. The molecule has 29 heavy (non-hydrogen) atoms. The number of anilines is 2. The Morgan fingerprint density at radius 1 is 0.517 bits per heavy atom. The van der Waals surface area contributed by atoms with Gasteiger partial charge in [-0.3, -0.25) is 0 Å². The number of nitrogens with one attached hydrogen (secondary N) is 2. The van der Waals surface area contributed by atoms with Crippen LogP contribution in [0.1, 0.15) is 19.3 Å². The van der Waals surface area contributed by atoms with Gasteiger partial charge >= 0.3 is 0 Å². The molecule has 0 atom stereocenters. The van der Waals surface area contributed by atoms with Crippen LogP contribution >= 0.6 is 25.3 Å². The van der Waals surface area contributed by atoms with E-state index < -0.39 is 0 Å². The highest BCUT2D eigenvalue weighted by molar-refractivity contribution is 7.80. The fourth-order valence-corrected chi connectivity index (χ4v) is 4.29. The van der Waals surface area contributed by atoms with Crippen molar-refractivity contribution < 1.29 is 0 Å². The highest BCUT2D eigenvalue weighted by Gasteiger charge is 2.06. The van der Waals surface area contributed by atoms with Crippen LogP contribution in [0.2, 0.25) is 0 Å². The molecular weight excluding hydrogens is 392 g/mol. The fraction of sp³-hybridized carbons (Fsp3) is 0.200. The van der Waals surface area contributed by atoms with Crippen molar-refractivity contribution >= 4 is 58.2 Å². The Labute approximate surface area is 183 Å². The summed E-state index contributed by atoms with van der Waals surface area (Å²) in [5.41, 5.74) is 2.28. The van der Waals surface area contributed by atoms with Gasteiger partial charge in [-0.25, -0.2) is 0 Å². The summed E-state index contributed by atoms with van der Waals surface area (Å²) in [6.45, 7) is 1.90. The van der Waals surface area contributed by atoms with Crippen molar-refractivity contribution in [1.82, 2.24) is 0 Å². The molecule has 2 nitrogen and oxygen atoms in total. The number of benzene rings is 4. The number of rotatable bonds is 8. The van der Waals surface area contributed by atoms with Gasteiger partial charge in [-0.05, 0) is 42.2 Å². The van der Waals surface area contributed by atoms with Gasteiger partial charge in [-0.1, -0.05) is 60.7 Å². The lowest BCUT2D eigenvalue weighted by Crippen LogP contribution is -2.06. The van der Waals surface area contributed by atoms with Crippen LogP contribution in [0.25, 0.3) is 21.5 Å². The molecule has 4 aromatic rings. The largest absolute Gasteiger partial charge is 0.384 e. The minimum atomic E-state index is 0.952. The molecule has 0 aromatic heterocycles. The number of thiol groups is 2. The number of unbranched alkanes of at least 4 members (excludes halogenated alkanes) is 2. The normalized spacial score (nSPS) is 11.1. The van der Waals surface area contributed by atoms with Gasteiger partial charge in [-0.2, -0.15) is 0 Å². The van der Waals surface area contributed by atoms with Gasteiger partial charge in [0, 0.05) is 33.7 Å². The molecule has 148 valence electrons. The molecule has 0 unspecified atom stereocenters. The average Bonchev–Trinajstić information content (AvgIpc) is 2.75. The van der Waals surface area contributed by atoms with Crippen molar-refractivity contribution in [2.75, 3.05) is 23.7 Å². The zero-order chi connectivity index (χ0) is 20.1. The third kappa shape index (κ3) is 4.65. The van der Waals surface area contributed by atoms with E-state index in [4.69, 9.17) is 0 Å². The summed E-state index contributed by atoms with van der Waals surface area (Å²) in [7, 11) is 0. The van der Waals surface area contributed by atoms with Crippen molar-refractivity contribution in [2.24, 2.45) is 0 Å². The zero-order valence-electron chi connectivity index (χ0n) is 16.4. The highest BCUT2D eigenvalue weighted by Crippen LogP contribution is 2.31. The summed E-state index contributed by atoms with van der Waals surface area (Å²) in [6.07, 6.45) is 3.42. The Kier molecular flexibility index (Phi) is 6.53. The summed E-state index contributed by atoms with van der Waals surface area (Å²) in [5.74, 6) is 0. The molecule has 0 aliphatic rings. The maximum atomic E-state index is 4.63. The van der Waals surface area contributed by atoms with Gasteiger partial charge in [-0.15, -0.1) is 25.3 Å². The van der Waals surface area contributed by atoms with Crippen LogP contribution < -0.4 is 10.6 Å². The standard InChI is InChI=1S/C25H26N2S2/c28-22-14-12-18-8-2-4-10-20(18)24(22)26-16-6-1-7-17-27-25-21-11-5-3-9-19(21)13-15-23(25)29/h2-5,8-15,26-29H,1,6-7,16-17H2. The maximum Gasteiger partial charge on any atom is 0.0555 e. The second-order valence-corrected chi connectivity index (χ2v) is 8.24. The topological polar surface area (TPSA) is 24.1 Å². The molecule has 2 N–H and O–H groups in total. The molecule has 0 saturated carbocycles. The predicted octanol–water partition coefficient (Wildman–Crippen LogP) is 7.26. The number of hydrogen-bond donors (Lipinski definition) is 4. The smallest absolute Gasteiger partial charge is 0.0555 e. The molecule has 0 heterocycles. The van der Waals surface area contributed by atoms with E-state index in [1.54, 1.807) is 0 Å². The first-order valence-corrected chi connectivity index (χ1v) is 11.0. The summed E-state index contributed by atoms with van der Waals surface area (Å²) >= 11 is 9.26. The molecule has 4 rings (SSSR count). The lowest BCUT2D eigenvalue weighted by Gasteiger charge is -2.14. The number of hydrogen-bond acceptors (Lipinski definition) is 4. The van der Waals surface area contributed by atoms with Crippen LogP contribution in [-0.2, 0) is 0 Å². The first kappa shape index (κ1) is 20.0. The fourth-order valence-electron chi connectivity index (χ4n) is 3.75. The summed E-state index contributed by atoms with van der Waals surface area (Å²) in [4.78, 5) is 2.00. The molecule has 4 heteroatoms. The Hall–Kier alpha value is -2.30. The molecular formula is C25H26N2S2. The van der Waals surface area contributed by atoms with Gasteiger partial charge in [0.15, 0.2) is 0 Å². The lowest BCUT2D eigenvalue weighted by atomic mass is 10.1. The van der Waals surface area contributed by atoms with E-state index in [2.05, 4.69) is 109 Å². The molecule has 0 fully saturated rings. The van der Waals surface area contributed by atoms with E-state index >= 15 is 0 Å². The Morgan fingerprint density at radius 2 is 0.966 bits per heavy atom. The van der Waals surface area contributed by atoms with Crippen molar-refractivity contribution in [2.45, 2.75) is 29.1 Å². The average molecular weight is 419 g/mol. The van der Waals surface area contributed by atoms with E-state index in [0.717, 1.165) is 47.1 Å². The predicted molar refractivity (Wildman–Crippen MR) is 133 cm³/mol. The molecule has 0 spiro atoms. The molecule has 0 radical (unpaired) electrons. The molecule has 0 saturated heterocycles. The van der Waals surface area contributed by atoms with Crippen molar-refractivity contribution in [1.29, 1.82) is 0 Å². The molecule has 0 aliphatic carbocycles. The Bertz CT molecular complexity index is 1030. The quantitative estimate of drug-likeness (QED) is 0.179. The molecule has 0 bridgehead atoms. The second kappa shape index (κ2) is 9.47. The number of fused-ring (bicyclic) bond motifs is 2. The van der Waals surface area contributed by atoms with Crippen molar-refractivity contribution in [3.63, 3.8) is 0 Å². The molecule has 0 aliphatic heterocycles. The van der Waals surface area contributed by atoms with Crippen LogP contribution in [0.15, 0.2) is 82.6 Å². The molecule has 4 aromatic carbocycles. The van der Waals surface area contributed by atoms with Gasteiger partial charge in [0.1, 0.15) is 0 Å². The monoisotopic (exact) mass is 418 g/mol. The van der Waals surface area contributed by atoms with E-state index in [-0.39, 0.29) is 0 Å². The van der Waals surface area contributed by atoms with Crippen molar-refractivity contribution in [3.05, 3.63) is 72.8 Å². The second-order valence-electron chi connectivity index (χ2n) is 7.28. The van der Waals surface area contributed by atoms with Gasteiger partial charge in [0.2, 0.25) is 0 Å². The van der Waals surface area contributed by atoms with Gasteiger partial charge in [0.05, 0.1) is 11.4 Å². The SMILES string of the molecule is Sc1ccc2ccccc2c1NCCCCCNc1c(S)ccc2ccccc12. The van der Waals surface area contributed by atoms with Crippen LogP contribution in [-0.4, -0.2) is 13.1 Å². The van der Waals surface area contributed by atoms with Crippen LogP contribution in [0, 0.1) is 0 Å². The summed E-state index contributed by atoms with van der Waals surface area (Å²) in [6, 6.07) is 25.3. The van der Waals surface area contributed by atoms with Gasteiger partial charge < -0.3 is 10.6 Å². The minimum absolute atomic E-state index is 0.952. The van der Waals surface area contributed by atoms with E-state index in [1.807, 2.05) is 0 Å². The van der Waals surface area contributed by atoms with Crippen molar-refractivity contribution in [3.8, 4) is 0 Å². The van der Waals surface area contributed by atoms with E-state index in [1.165, 1.54) is 28.0 Å².